The Morgan fingerprint density at radius 1 is 0.536 bits per heavy atom. The number of benzene rings is 2. The van der Waals surface area contributed by atoms with Crippen LogP contribution < -0.4 is 0 Å². The second-order valence-electron chi connectivity index (χ2n) is 6.24. The Morgan fingerprint density at radius 3 is 1.11 bits per heavy atom. The minimum atomic E-state index is -0.258. The largest absolute Gasteiger partial charge is 0.269 e. The number of thioether (sulfide) groups is 2. The van der Waals surface area contributed by atoms with Crippen molar-refractivity contribution in [3.05, 3.63) is 70.8 Å². The van der Waals surface area contributed by atoms with Gasteiger partial charge < -0.3 is 0 Å². The van der Waals surface area contributed by atoms with Gasteiger partial charge in [-0.05, 0) is 24.3 Å². The van der Waals surface area contributed by atoms with E-state index >= 15 is 0 Å². The molecule has 0 aliphatic carbocycles. The molecule has 2 aliphatic heterocycles. The molecule has 4 rings (SSSR count). The third kappa shape index (κ3) is 3.22. The molecule has 2 aromatic carbocycles. The molecular weight excluding hydrogens is 396 g/mol. The molecule has 0 saturated heterocycles. The number of carbonyl (C=O) groups is 4. The number of nitrogens with zero attached hydrogens (tertiary/aromatic N) is 2. The fourth-order valence-electron chi connectivity index (χ4n) is 3.14. The van der Waals surface area contributed by atoms with Crippen LogP contribution >= 0.6 is 23.5 Å². The van der Waals surface area contributed by atoms with E-state index in [-0.39, 0.29) is 23.6 Å². The van der Waals surface area contributed by atoms with Crippen molar-refractivity contribution in [3.8, 4) is 0 Å². The van der Waals surface area contributed by atoms with Crippen LogP contribution in [0.15, 0.2) is 48.5 Å². The monoisotopic (exact) mass is 412 g/mol. The third-order valence-corrected chi connectivity index (χ3v) is 6.69. The van der Waals surface area contributed by atoms with Crippen LogP contribution in [0.1, 0.15) is 41.4 Å². The highest BCUT2D eigenvalue weighted by atomic mass is 32.2. The Morgan fingerprint density at radius 2 is 0.821 bits per heavy atom. The molecule has 0 spiro atoms. The van der Waals surface area contributed by atoms with Crippen LogP contribution in [0.2, 0.25) is 0 Å². The standard InChI is InChI=1S/C20H16N2O4S2/c23-17-13-5-1-2-6-14(13)18(24)21(17)11-27-9-10-28-12-22-19(25)15-7-3-4-8-16(15)20(22)26/h1-8H,9-12H2. The number of carbonyl (C=O) groups excluding carboxylic acids is 4. The highest BCUT2D eigenvalue weighted by molar-refractivity contribution is 8.02. The first-order valence-electron chi connectivity index (χ1n) is 8.65. The number of imide groups is 2. The van der Waals surface area contributed by atoms with Gasteiger partial charge in [-0.2, -0.15) is 0 Å². The van der Waals surface area contributed by atoms with E-state index in [2.05, 4.69) is 0 Å². The van der Waals surface area contributed by atoms with Gasteiger partial charge in [0.2, 0.25) is 0 Å². The fraction of sp³-hybridized carbons (Fsp3) is 0.200. The Bertz CT molecular complexity index is 842. The van der Waals surface area contributed by atoms with Gasteiger partial charge in [0.15, 0.2) is 0 Å². The van der Waals surface area contributed by atoms with Crippen molar-refractivity contribution >= 4 is 47.2 Å². The molecule has 2 aliphatic rings. The smallest absolute Gasteiger partial charge is 0.262 e. The molecule has 28 heavy (non-hydrogen) atoms. The molecule has 0 aromatic heterocycles. The molecule has 142 valence electrons. The quantitative estimate of drug-likeness (QED) is 0.514. The second-order valence-corrected chi connectivity index (χ2v) is 8.39. The van der Waals surface area contributed by atoms with E-state index in [1.165, 1.54) is 33.3 Å². The summed E-state index contributed by atoms with van der Waals surface area (Å²) in [5.74, 6) is 0.944. The molecule has 0 saturated carbocycles. The van der Waals surface area contributed by atoms with Crippen molar-refractivity contribution in [3.63, 3.8) is 0 Å². The number of hydrogen-bond acceptors (Lipinski definition) is 6. The van der Waals surface area contributed by atoms with E-state index in [1.807, 2.05) is 0 Å². The van der Waals surface area contributed by atoms with Gasteiger partial charge in [0.25, 0.3) is 23.6 Å². The van der Waals surface area contributed by atoms with Gasteiger partial charge in [-0.15, -0.1) is 23.5 Å². The number of hydrogen-bond donors (Lipinski definition) is 0. The molecule has 0 fully saturated rings. The molecule has 6 nitrogen and oxygen atoms in total. The summed E-state index contributed by atoms with van der Waals surface area (Å²) in [5.41, 5.74) is 1.81. The van der Waals surface area contributed by atoms with Crippen molar-refractivity contribution in [1.29, 1.82) is 0 Å². The number of rotatable bonds is 7. The van der Waals surface area contributed by atoms with Crippen molar-refractivity contribution in [1.82, 2.24) is 9.80 Å². The van der Waals surface area contributed by atoms with E-state index in [0.29, 0.717) is 45.5 Å². The lowest BCUT2D eigenvalue weighted by Crippen LogP contribution is -2.30. The Kier molecular flexibility index (Phi) is 5.23. The summed E-state index contributed by atoms with van der Waals surface area (Å²) < 4.78 is 0. The maximum Gasteiger partial charge on any atom is 0.262 e. The first-order chi connectivity index (χ1) is 13.6. The van der Waals surface area contributed by atoms with E-state index in [9.17, 15) is 19.2 Å². The Labute approximate surface area is 170 Å². The van der Waals surface area contributed by atoms with E-state index in [0.717, 1.165) is 0 Å². The SMILES string of the molecule is O=C1c2ccccc2C(=O)N1CSCCSCN1C(=O)c2ccccc2C1=O. The van der Waals surface area contributed by atoms with E-state index in [4.69, 9.17) is 0 Å². The summed E-state index contributed by atoms with van der Waals surface area (Å²) in [5, 5.41) is 0. The van der Waals surface area contributed by atoms with Crippen LogP contribution in [-0.4, -0.2) is 56.7 Å². The van der Waals surface area contributed by atoms with Gasteiger partial charge in [-0.25, -0.2) is 0 Å². The van der Waals surface area contributed by atoms with Crippen molar-refractivity contribution in [2.75, 3.05) is 23.3 Å². The molecular formula is C20H16N2O4S2. The summed E-state index contributed by atoms with van der Waals surface area (Å²) in [6.45, 7) is 0. The zero-order valence-electron chi connectivity index (χ0n) is 14.8. The van der Waals surface area contributed by atoms with Crippen LogP contribution in [0.4, 0.5) is 0 Å². The van der Waals surface area contributed by atoms with Crippen molar-refractivity contribution in [2.45, 2.75) is 0 Å². The van der Waals surface area contributed by atoms with Gasteiger partial charge in [-0.1, -0.05) is 24.3 Å². The molecule has 0 atom stereocenters. The third-order valence-electron chi connectivity index (χ3n) is 4.57. The summed E-state index contributed by atoms with van der Waals surface area (Å²) in [6.07, 6.45) is 0. The van der Waals surface area contributed by atoms with Gasteiger partial charge in [0.1, 0.15) is 0 Å². The van der Waals surface area contributed by atoms with E-state index in [1.54, 1.807) is 48.5 Å². The molecule has 0 radical (unpaired) electrons. The maximum atomic E-state index is 12.3. The first-order valence-corrected chi connectivity index (χ1v) is 11.0. The van der Waals surface area contributed by atoms with Crippen LogP contribution in [0.5, 0.6) is 0 Å². The number of amides is 4. The lowest BCUT2D eigenvalue weighted by molar-refractivity contribution is 0.0668. The second kappa shape index (κ2) is 7.81. The maximum absolute atomic E-state index is 12.3. The summed E-state index contributed by atoms with van der Waals surface area (Å²) >= 11 is 2.95. The van der Waals surface area contributed by atoms with Gasteiger partial charge in [0, 0.05) is 11.5 Å². The van der Waals surface area contributed by atoms with Crippen molar-refractivity contribution < 1.29 is 19.2 Å². The minimum Gasteiger partial charge on any atom is -0.269 e. The predicted molar refractivity (Wildman–Crippen MR) is 109 cm³/mol. The lowest BCUT2D eigenvalue weighted by Gasteiger charge is -2.14. The molecule has 2 aromatic rings. The zero-order valence-corrected chi connectivity index (χ0v) is 16.4. The lowest BCUT2D eigenvalue weighted by atomic mass is 10.1. The Balaban J connectivity index is 1.22. The molecule has 8 heteroatoms. The summed E-state index contributed by atoms with van der Waals surface area (Å²) in [4.78, 5) is 51.7. The van der Waals surface area contributed by atoms with Crippen LogP contribution in [0.3, 0.4) is 0 Å². The predicted octanol–water partition coefficient (Wildman–Crippen LogP) is 2.96. The van der Waals surface area contributed by atoms with Crippen LogP contribution in [0.25, 0.3) is 0 Å². The summed E-state index contributed by atoms with van der Waals surface area (Å²) in [6, 6.07) is 13.6. The summed E-state index contributed by atoms with van der Waals surface area (Å²) in [7, 11) is 0. The fourth-order valence-corrected chi connectivity index (χ4v) is 5.18. The normalized spacial score (nSPS) is 15.4. The van der Waals surface area contributed by atoms with Crippen LogP contribution in [-0.2, 0) is 0 Å². The molecule has 4 amide bonds. The highest BCUT2D eigenvalue weighted by Crippen LogP contribution is 2.26. The van der Waals surface area contributed by atoms with E-state index < -0.39 is 0 Å². The minimum absolute atomic E-state index is 0.258. The first kappa shape index (κ1) is 18.8. The Hall–Kier alpha value is -2.58. The van der Waals surface area contributed by atoms with Gasteiger partial charge in [0.05, 0.1) is 34.0 Å². The molecule has 0 unspecified atom stereocenters. The average molecular weight is 412 g/mol. The topological polar surface area (TPSA) is 74.8 Å². The zero-order chi connectivity index (χ0) is 19.7. The molecule has 2 heterocycles. The van der Waals surface area contributed by atoms with Gasteiger partial charge in [-0.3, -0.25) is 29.0 Å². The highest BCUT2D eigenvalue weighted by Gasteiger charge is 2.35. The number of fused-ring (bicyclic) bond motifs is 2. The van der Waals surface area contributed by atoms with Crippen molar-refractivity contribution in [2.24, 2.45) is 0 Å². The molecule has 0 bridgehead atoms. The van der Waals surface area contributed by atoms with Crippen LogP contribution in [0, 0.1) is 0 Å². The average Bonchev–Trinajstić information content (AvgIpc) is 3.11. The molecule has 0 N–H and O–H groups in total. The van der Waals surface area contributed by atoms with Gasteiger partial charge >= 0.3 is 0 Å².